The third-order valence-electron chi connectivity index (χ3n) is 4.62. The number of nitrogens with zero attached hydrogens (tertiary/aromatic N) is 1. The number of pyridine rings is 1. The second kappa shape index (κ2) is 6.60. The Kier molecular flexibility index (Phi) is 4.55. The van der Waals surface area contributed by atoms with Crippen molar-refractivity contribution < 1.29 is 18.3 Å². The number of hydrogen-bond acceptors (Lipinski definition) is 3. The van der Waals surface area contributed by atoms with E-state index in [1.54, 1.807) is 12.3 Å². The number of esters is 1. The van der Waals surface area contributed by atoms with E-state index in [2.05, 4.69) is 9.72 Å². The van der Waals surface area contributed by atoms with E-state index in [-0.39, 0.29) is 16.5 Å². The predicted molar refractivity (Wildman–Crippen MR) is 83.2 cm³/mol. The van der Waals surface area contributed by atoms with Gasteiger partial charge >= 0.3 is 5.97 Å². The van der Waals surface area contributed by atoms with Crippen LogP contribution in [-0.4, -0.2) is 18.1 Å². The average Bonchev–Trinajstić information content (AvgIpc) is 2.59. The molecule has 1 saturated carbocycles. The van der Waals surface area contributed by atoms with Crippen LogP contribution in [0.2, 0.25) is 0 Å². The van der Waals surface area contributed by atoms with Crippen molar-refractivity contribution in [1.82, 2.24) is 4.98 Å². The number of carbonyl (C=O) groups excluding carboxylic acids is 1. The molecule has 1 aromatic heterocycles. The van der Waals surface area contributed by atoms with Crippen molar-refractivity contribution in [1.29, 1.82) is 0 Å². The van der Waals surface area contributed by atoms with Gasteiger partial charge in [-0.1, -0.05) is 19.3 Å². The molecule has 2 aromatic rings. The first-order valence-electron chi connectivity index (χ1n) is 7.93. The topological polar surface area (TPSA) is 39.2 Å². The molecule has 1 heterocycles. The Labute approximate surface area is 133 Å². The van der Waals surface area contributed by atoms with Gasteiger partial charge in [-0.05, 0) is 30.4 Å². The summed E-state index contributed by atoms with van der Waals surface area (Å²) in [5.41, 5.74) is 1.01. The molecule has 23 heavy (non-hydrogen) atoms. The van der Waals surface area contributed by atoms with Gasteiger partial charge in [-0.25, -0.2) is 8.78 Å². The van der Waals surface area contributed by atoms with Crippen LogP contribution in [0, 0.1) is 11.6 Å². The number of benzene rings is 1. The van der Waals surface area contributed by atoms with Crippen LogP contribution in [0.1, 0.15) is 49.1 Å². The summed E-state index contributed by atoms with van der Waals surface area (Å²) >= 11 is 0. The highest BCUT2D eigenvalue weighted by molar-refractivity contribution is 5.83. The number of ether oxygens (including phenoxy) is 1. The van der Waals surface area contributed by atoms with Crippen LogP contribution in [0.5, 0.6) is 0 Å². The van der Waals surface area contributed by atoms with Crippen LogP contribution >= 0.6 is 0 Å². The highest BCUT2D eigenvalue weighted by Crippen LogP contribution is 2.34. The van der Waals surface area contributed by atoms with E-state index in [0.717, 1.165) is 18.4 Å². The quantitative estimate of drug-likeness (QED) is 0.793. The van der Waals surface area contributed by atoms with E-state index in [9.17, 15) is 13.6 Å². The minimum Gasteiger partial charge on any atom is -0.469 e. The number of hydrogen-bond donors (Lipinski definition) is 0. The maximum atomic E-state index is 14.7. The molecule has 0 spiro atoms. The zero-order valence-electron chi connectivity index (χ0n) is 13.1. The number of fused-ring (bicyclic) bond motifs is 1. The lowest BCUT2D eigenvalue weighted by atomic mass is 9.84. The van der Waals surface area contributed by atoms with Gasteiger partial charge in [-0.2, -0.15) is 0 Å². The number of carbonyl (C=O) groups is 1. The molecule has 0 atom stereocenters. The summed E-state index contributed by atoms with van der Waals surface area (Å²) in [6.07, 6.45) is 7.02. The van der Waals surface area contributed by atoms with E-state index < -0.39 is 24.0 Å². The largest absolute Gasteiger partial charge is 0.469 e. The summed E-state index contributed by atoms with van der Waals surface area (Å²) in [6, 6.07) is 2.94. The Hall–Kier alpha value is -2.04. The molecular formula is C18H19F2NO2. The molecule has 0 amide bonds. The smallest absolute Gasteiger partial charge is 0.310 e. The molecule has 0 N–H and O–H groups in total. The lowest BCUT2D eigenvalue weighted by Crippen LogP contribution is -2.09. The van der Waals surface area contributed by atoms with Crippen molar-refractivity contribution in [2.75, 3.05) is 7.11 Å². The van der Waals surface area contributed by atoms with Crippen LogP contribution in [0.15, 0.2) is 18.3 Å². The normalized spacial score (nSPS) is 15.8. The number of aromatic nitrogens is 1. The van der Waals surface area contributed by atoms with Gasteiger partial charge in [0.2, 0.25) is 0 Å². The lowest BCUT2D eigenvalue weighted by molar-refractivity contribution is -0.139. The number of rotatable bonds is 3. The fraction of sp³-hybridized carbons (Fsp3) is 0.444. The maximum Gasteiger partial charge on any atom is 0.310 e. The third-order valence-corrected chi connectivity index (χ3v) is 4.62. The molecule has 0 aliphatic heterocycles. The molecule has 1 aliphatic carbocycles. The molecule has 3 rings (SSSR count). The van der Waals surface area contributed by atoms with E-state index in [1.165, 1.54) is 32.4 Å². The zero-order valence-corrected chi connectivity index (χ0v) is 13.1. The summed E-state index contributed by atoms with van der Waals surface area (Å²) in [4.78, 5) is 15.6. The molecule has 3 nitrogen and oxygen atoms in total. The summed E-state index contributed by atoms with van der Waals surface area (Å²) in [7, 11) is 1.20. The van der Waals surface area contributed by atoms with E-state index >= 15 is 0 Å². The predicted octanol–water partition coefficient (Wildman–Crippen LogP) is 4.28. The van der Waals surface area contributed by atoms with Crippen LogP contribution in [0.3, 0.4) is 0 Å². The second-order valence-corrected chi connectivity index (χ2v) is 6.07. The van der Waals surface area contributed by atoms with Gasteiger partial charge in [0, 0.05) is 23.2 Å². The Bertz CT molecular complexity index is 739. The molecule has 122 valence electrons. The Morgan fingerprint density at radius 1 is 1.26 bits per heavy atom. The summed E-state index contributed by atoms with van der Waals surface area (Å²) < 4.78 is 33.2. The molecule has 1 fully saturated rings. The van der Waals surface area contributed by atoms with Gasteiger partial charge in [0.25, 0.3) is 0 Å². The standard InChI is InChI=1S/C18H19F2NO2/c1-23-17(22)8-13-15(19)9-16-14(18(13)20)7-12(10-21-16)11-5-3-2-4-6-11/h7,9-11H,2-6,8H2,1H3. The van der Waals surface area contributed by atoms with Gasteiger partial charge < -0.3 is 4.74 Å². The van der Waals surface area contributed by atoms with E-state index in [4.69, 9.17) is 0 Å². The zero-order chi connectivity index (χ0) is 16.4. The molecule has 0 bridgehead atoms. The maximum absolute atomic E-state index is 14.7. The van der Waals surface area contributed by atoms with Gasteiger partial charge in [-0.3, -0.25) is 9.78 Å². The highest BCUT2D eigenvalue weighted by atomic mass is 19.1. The van der Waals surface area contributed by atoms with Crippen LogP contribution in [-0.2, 0) is 16.0 Å². The molecule has 1 aromatic carbocycles. The molecule has 1 aliphatic rings. The SMILES string of the molecule is COC(=O)Cc1c(F)cc2ncc(C3CCCCC3)cc2c1F. The highest BCUT2D eigenvalue weighted by Gasteiger charge is 2.20. The van der Waals surface area contributed by atoms with Gasteiger partial charge in [0.15, 0.2) is 0 Å². The molecule has 5 heteroatoms. The average molecular weight is 319 g/mol. The molecular weight excluding hydrogens is 300 g/mol. The molecule has 0 radical (unpaired) electrons. The van der Waals surface area contributed by atoms with Gasteiger partial charge in [0.05, 0.1) is 19.0 Å². The van der Waals surface area contributed by atoms with Crippen LogP contribution in [0.4, 0.5) is 8.78 Å². The first kappa shape index (κ1) is 15.8. The van der Waals surface area contributed by atoms with E-state index in [0.29, 0.717) is 5.92 Å². The third kappa shape index (κ3) is 3.19. The van der Waals surface area contributed by atoms with Crippen molar-refractivity contribution in [2.45, 2.75) is 44.4 Å². The minimum atomic E-state index is -0.765. The van der Waals surface area contributed by atoms with Gasteiger partial charge in [0.1, 0.15) is 11.6 Å². The second-order valence-electron chi connectivity index (χ2n) is 6.07. The Morgan fingerprint density at radius 3 is 2.70 bits per heavy atom. The van der Waals surface area contributed by atoms with Crippen molar-refractivity contribution in [3.63, 3.8) is 0 Å². The molecule has 0 unspecified atom stereocenters. The number of methoxy groups -OCH3 is 1. The van der Waals surface area contributed by atoms with Crippen molar-refractivity contribution in [3.8, 4) is 0 Å². The van der Waals surface area contributed by atoms with Crippen LogP contribution < -0.4 is 0 Å². The fourth-order valence-corrected chi connectivity index (χ4v) is 3.29. The first-order valence-corrected chi connectivity index (χ1v) is 7.93. The lowest BCUT2D eigenvalue weighted by Gasteiger charge is -2.22. The number of halogens is 2. The van der Waals surface area contributed by atoms with Crippen molar-refractivity contribution in [2.24, 2.45) is 0 Å². The van der Waals surface area contributed by atoms with Gasteiger partial charge in [-0.15, -0.1) is 0 Å². The monoisotopic (exact) mass is 319 g/mol. The fourth-order valence-electron chi connectivity index (χ4n) is 3.29. The van der Waals surface area contributed by atoms with Crippen molar-refractivity contribution >= 4 is 16.9 Å². The van der Waals surface area contributed by atoms with E-state index in [1.807, 2.05) is 0 Å². The molecule has 0 saturated heterocycles. The minimum absolute atomic E-state index is 0.257. The Morgan fingerprint density at radius 2 is 2.00 bits per heavy atom. The van der Waals surface area contributed by atoms with Crippen LogP contribution in [0.25, 0.3) is 10.9 Å². The summed E-state index contributed by atoms with van der Waals surface area (Å²) in [5.74, 6) is -1.76. The Balaban J connectivity index is 2.04. The van der Waals surface area contributed by atoms with Crippen molar-refractivity contribution in [3.05, 3.63) is 41.1 Å². The summed E-state index contributed by atoms with van der Waals surface area (Å²) in [6.45, 7) is 0. The first-order chi connectivity index (χ1) is 11.1. The summed E-state index contributed by atoms with van der Waals surface area (Å²) in [5, 5.41) is 0.272.